The number of anilines is 1. The van der Waals surface area contributed by atoms with Gasteiger partial charge in [-0.05, 0) is 30.7 Å². The van der Waals surface area contributed by atoms with Crippen molar-refractivity contribution in [2.75, 3.05) is 25.6 Å². The van der Waals surface area contributed by atoms with Crippen LogP contribution in [0.25, 0.3) is 11.5 Å². The molecule has 3 rings (SSSR count). The minimum atomic E-state index is -0.0127. The SMILES string of the molecule is COc1ccnc(-c2nc3c(c(N(C)CC(=O)CC(C)(C)C)n2)CCC3)c1. The van der Waals surface area contributed by atoms with E-state index in [1.165, 1.54) is 0 Å². The number of aromatic nitrogens is 3. The molecule has 0 fully saturated rings. The number of likely N-dealkylation sites (N-methyl/N-ethyl adjacent to an activating group) is 1. The highest BCUT2D eigenvalue weighted by Gasteiger charge is 2.24. The van der Waals surface area contributed by atoms with Gasteiger partial charge in [0.15, 0.2) is 11.6 Å². The number of hydrogen-bond acceptors (Lipinski definition) is 6. The number of nitrogens with zero attached hydrogens (tertiary/aromatic N) is 4. The normalized spacial score (nSPS) is 13.4. The molecule has 27 heavy (non-hydrogen) atoms. The third-order valence-corrected chi connectivity index (χ3v) is 4.61. The Balaban J connectivity index is 1.93. The van der Waals surface area contributed by atoms with Crippen LogP contribution >= 0.6 is 0 Å². The Morgan fingerprint density at radius 3 is 2.74 bits per heavy atom. The lowest BCUT2D eigenvalue weighted by Gasteiger charge is -2.23. The summed E-state index contributed by atoms with van der Waals surface area (Å²) in [6.45, 7) is 6.60. The average Bonchev–Trinajstić information content (AvgIpc) is 3.07. The molecule has 0 saturated heterocycles. The lowest BCUT2D eigenvalue weighted by molar-refractivity contribution is -0.119. The van der Waals surface area contributed by atoms with Crippen molar-refractivity contribution >= 4 is 11.6 Å². The molecule has 0 aliphatic heterocycles. The number of pyridine rings is 1. The summed E-state index contributed by atoms with van der Waals surface area (Å²) in [5.41, 5.74) is 2.89. The van der Waals surface area contributed by atoms with Crippen LogP contribution < -0.4 is 9.64 Å². The van der Waals surface area contributed by atoms with E-state index >= 15 is 0 Å². The molecular weight excluding hydrogens is 340 g/mol. The second-order valence-corrected chi connectivity index (χ2v) is 8.36. The van der Waals surface area contributed by atoms with Gasteiger partial charge in [0.1, 0.15) is 17.3 Å². The summed E-state index contributed by atoms with van der Waals surface area (Å²) in [4.78, 5) is 28.4. The number of fused-ring (bicyclic) bond motifs is 1. The van der Waals surface area contributed by atoms with Crippen molar-refractivity contribution in [3.05, 3.63) is 29.6 Å². The second-order valence-electron chi connectivity index (χ2n) is 8.36. The van der Waals surface area contributed by atoms with Gasteiger partial charge < -0.3 is 9.64 Å². The van der Waals surface area contributed by atoms with E-state index in [1.807, 2.05) is 18.0 Å². The van der Waals surface area contributed by atoms with E-state index in [2.05, 4.69) is 25.8 Å². The third kappa shape index (κ3) is 4.62. The van der Waals surface area contributed by atoms with Crippen LogP contribution in [0, 0.1) is 5.41 Å². The predicted molar refractivity (Wildman–Crippen MR) is 106 cm³/mol. The molecule has 0 aromatic carbocycles. The summed E-state index contributed by atoms with van der Waals surface area (Å²) in [7, 11) is 3.56. The molecule has 1 aliphatic rings. The summed E-state index contributed by atoms with van der Waals surface area (Å²) in [5.74, 6) is 2.37. The Bertz CT molecular complexity index is 843. The molecule has 0 N–H and O–H groups in total. The van der Waals surface area contributed by atoms with Crippen molar-refractivity contribution in [3.8, 4) is 17.3 Å². The monoisotopic (exact) mass is 368 g/mol. The summed E-state index contributed by atoms with van der Waals surface area (Å²) in [6, 6.07) is 3.64. The van der Waals surface area contributed by atoms with E-state index in [9.17, 15) is 4.79 Å². The van der Waals surface area contributed by atoms with Crippen LogP contribution in [0.15, 0.2) is 18.3 Å². The van der Waals surface area contributed by atoms with Crippen LogP contribution in [-0.4, -0.2) is 41.4 Å². The zero-order valence-electron chi connectivity index (χ0n) is 16.9. The molecule has 0 atom stereocenters. The fraction of sp³-hybridized carbons (Fsp3) is 0.524. The fourth-order valence-electron chi connectivity index (χ4n) is 3.49. The molecule has 0 spiro atoms. The van der Waals surface area contributed by atoms with Gasteiger partial charge >= 0.3 is 0 Å². The summed E-state index contributed by atoms with van der Waals surface area (Å²) in [5, 5.41) is 0. The Labute approximate surface area is 161 Å². The summed E-state index contributed by atoms with van der Waals surface area (Å²) < 4.78 is 5.30. The first-order valence-corrected chi connectivity index (χ1v) is 9.40. The number of carbonyl (C=O) groups is 1. The number of ether oxygens (including phenoxy) is 1. The van der Waals surface area contributed by atoms with Crippen molar-refractivity contribution in [1.82, 2.24) is 15.0 Å². The van der Waals surface area contributed by atoms with E-state index in [0.29, 0.717) is 24.5 Å². The number of carbonyl (C=O) groups excluding carboxylic acids is 1. The molecule has 2 aromatic rings. The minimum absolute atomic E-state index is 0.0127. The molecule has 1 aliphatic carbocycles. The first-order chi connectivity index (χ1) is 12.8. The van der Waals surface area contributed by atoms with E-state index in [0.717, 1.165) is 42.1 Å². The molecule has 6 nitrogen and oxygen atoms in total. The molecule has 0 bridgehead atoms. The highest BCUT2D eigenvalue weighted by atomic mass is 16.5. The summed E-state index contributed by atoms with van der Waals surface area (Å²) >= 11 is 0. The van der Waals surface area contributed by atoms with Crippen molar-refractivity contribution in [2.24, 2.45) is 5.41 Å². The standard InChI is InChI=1S/C21H28N4O2/c1-21(2,3)12-14(26)13-25(4)20-16-7-6-8-17(16)23-19(24-20)18-11-15(27-5)9-10-22-18/h9-11H,6-8,12-13H2,1-5H3. The van der Waals surface area contributed by atoms with Crippen LogP contribution in [-0.2, 0) is 17.6 Å². The highest BCUT2D eigenvalue weighted by Crippen LogP contribution is 2.31. The van der Waals surface area contributed by atoms with Gasteiger partial charge in [-0.2, -0.15) is 0 Å². The van der Waals surface area contributed by atoms with Gasteiger partial charge in [-0.15, -0.1) is 0 Å². The van der Waals surface area contributed by atoms with Gasteiger partial charge in [0.05, 0.1) is 13.7 Å². The Morgan fingerprint density at radius 1 is 1.26 bits per heavy atom. The highest BCUT2D eigenvalue weighted by molar-refractivity contribution is 5.84. The van der Waals surface area contributed by atoms with Gasteiger partial charge in [-0.3, -0.25) is 9.78 Å². The quantitative estimate of drug-likeness (QED) is 0.778. The zero-order valence-corrected chi connectivity index (χ0v) is 16.9. The lowest BCUT2D eigenvalue weighted by atomic mass is 9.90. The molecule has 0 saturated carbocycles. The average molecular weight is 368 g/mol. The number of ketones is 1. The number of aryl methyl sites for hydroxylation is 1. The molecule has 6 heteroatoms. The Kier molecular flexibility index (Phi) is 5.44. The summed E-state index contributed by atoms with van der Waals surface area (Å²) in [6.07, 6.45) is 5.20. The first-order valence-electron chi connectivity index (χ1n) is 9.40. The molecule has 0 radical (unpaired) electrons. The predicted octanol–water partition coefficient (Wildman–Crippen LogP) is 3.48. The second kappa shape index (κ2) is 7.62. The van der Waals surface area contributed by atoms with Crippen molar-refractivity contribution in [3.63, 3.8) is 0 Å². The lowest BCUT2D eigenvalue weighted by Crippen LogP contribution is -2.30. The fourth-order valence-corrected chi connectivity index (χ4v) is 3.49. The first kappa shape index (κ1) is 19.3. The maximum atomic E-state index is 12.5. The van der Waals surface area contributed by atoms with Crippen molar-refractivity contribution in [1.29, 1.82) is 0 Å². The molecular formula is C21H28N4O2. The van der Waals surface area contributed by atoms with Crippen LogP contribution in [0.5, 0.6) is 5.75 Å². The van der Waals surface area contributed by atoms with Gasteiger partial charge in [0.2, 0.25) is 0 Å². The molecule has 2 heterocycles. The van der Waals surface area contributed by atoms with E-state index in [1.54, 1.807) is 19.4 Å². The molecule has 0 unspecified atom stereocenters. The minimum Gasteiger partial charge on any atom is -0.497 e. The van der Waals surface area contributed by atoms with Gasteiger partial charge in [0.25, 0.3) is 0 Å². The maximum Gasteiger partial charge on any atom is 0.180 e. The van der Waals surface area contributed by atoms with Crippen molar-refractivity contribution in [2.45, 2.75) is 46.5 Å². The van der Waals surface area contributed by atoms with Crippen LogP contribution in [0.2, 0.25) is 0 Å². The number of Topliss-reactive ketones (excluding diaryl/α,β-unsaturated/α-hetero) is 1. The van der Waals surface area contributed by atoms with Crippen LogP contribution in [0.3, 0.4) is 0 Å². The number of rotatable bonds is 6. The van der Waals surface area contributed by atoms with Crippen LogP contribution in [0.1, 0.15) is 44.9 Å². The third-order valence-electron chi connectivity index (χ3n) is 4.61. The number of methoxy groups -OCH3 is 1. The zero-order chi connectivity index (χ0) is 19.6. The van der Waals surface area contributed by atoms with E-state index in [4.69, 9.17) is 14.7 Å². The topological polar surface area (TPSA) is 68.2 Å². The van der Waals surface area contributed by atoms with Gasteiger partial charge in [-0.25, -0.2) is 9.97 Å². The Morgan fingerprint density at radius 2 is 2.04 bits per heavy atom. The molecule has 2 aromatic heterocycles. The van der Waals surface area contributed by atoms with Gasteiger partial charge in [0, 0.05) is 37.0 Å². The molecule has 144 valence electrons. The smallest absolute Gasteiger partial charge is 0.180 e. The van der Waals surface area contributed by atoms with Crippen molar-refractivity contribution < 1.29 is 9.53 Å². The Hall–Kier alpha value is -2.50. The molecule has 0 amide bonds. The van der Waals surface area contributed by atoms with Gasteiger partial charge in [-0.1, -0.05) is 20.8 Å². The van der Waals surface area contributed by atoms with E-state index in [-0.39, 0.29) is 11.2 Å². The number of hydrogen-bond donors (Lipinski definition) is 0. The largest absolute Gasteiger partial charge is 0.497 e. The van der Waals surface area contributed by atoms with E-state index < -0.39 is 0 Å². The van der Waals surface area contributed by atoms with Crippen LogP contribution in [0.4, 0.5) is 5.82 Å². The maximum absolute atomic E-state index is 12.5.